The monoisotopic (exact) mass is 402 g/mol. The van der Waals surface area contributed by atoms with Crippen molar-refractivity contribution in [3.63, 3.8) is 0 Å². The number of nitrogens with one attached hydrogen (secondary N) is 1. The number of carbonyl (C=O) groups is 2. The van der Waals surface area contributed by atoms with Gasteiger partial charge in [0.25, 0.3) is 0 Å². The summed E-state index contributed by atoms with van der Waals surface area (Å²) in [4.78, 5) is 30.7. The van der Waals surface area contributed by atoms with Crippen LogP contribution in [0, 0.1) is 5.92 Å². The zero-order valence-corrected chi connectivity index (χ0v) is 17.6. The number of piperidine rings is 1. The fraction of sp³-hybridized carbons (Fsp3) is 0.636. The molecule has 2 saturated heterocycles. The van der Waals surface area contributed by atoms with Crippen molar-refractivity contribution < 1.29 is 14.7 Å². The molecule has 0 bridgehead atoms. The number of anilines is 1. The highest BCUT2D eigenvalue weighted by Gasteiger charge is 2.36. The fourth-order valence-corrected chi connectivity index (χ4v) is 4.46. The lowest BCUT2D eigenvalue weighted by atomic mass is 9.86. The molecule has 2 amide bonds. The van der Waals surface area contributed by atoms with Gasteiger partial charge < -0.3 is 20.2 Å². The number of likely N-dealkylation sites (N-methyl/N-ethyl adjacent to an activating group) is 1. The number of amides is 2. The number of rotatable bonds is 6. The summed E-state index contributed by atoms with van der Waals surface area (Å²) in [5, 5.41) is 12.2. The van der Waals surface area contributed by atoms with Crippen molar-refractivity contribution in [3.8, 4) is 0 Å². The number of carboxylic acid groups (broad SMARTS) is 1. The number of hydrogen-bond acceptors (Lipinski definition) is 4. The average molecular weight is 403 g/mol. The second-order valence-electron chi connectivity index (χ2n) is 8.31. The molecule has 2 aliphatic rings. The molecule has 2 heterocycles. The Hall–Kier alpha value is -2.12. The lowest BCUT2D eigenvalue weighted by Crippen LogP contribution is -2.57. The van der Waals surface area contributed by atoms with Gasteiger partial charge in [0.15, 0.2) is 0 Å². The Bertz CT molecular complexity index is 686. The van der Waals surface area contributed by atoms with E-state index in [0.717, 1.165) is 44.7 Å². The van der Waals surface area contributed by atoms with Gasteiger partial charge in [-0.2, -0.15) is 0 Å². The molecular weight excluding hydrogens is 368 g/mol. The molecule has 0 saturated carbocycles. The number of urea groups is 1. The van der Waals surface area contributed by atoms with E-state index in [1.807, 2.05) is 29.2 Å². The van der Waals surface area contributed by atoms with Crippen LogP contribution in [0.5, 0.6) is 0 Å². The number of nitrogens with zero attached hydrogens (tertiary/aromatic N) is 3. The van der Waals surface area contributed by atoms with Crippen LogP contribution in [0.3, 0.4) is 0 Å². The number of aryl methyl sites for hydroxylation is 1. The molecule has 7 heteroatoms. The molecule has 0 unspecified atom stereocenters. The summed E-state index contributed by atoms with van der Waals surface area (Å²) in [6, 6.07) is 8.21. The molecule has 3 rings (SSSR count). The Morgan fingerprint density at radius 3 is 2.41 bits per heavy atom. The Kier molecular flexibility index (Phi) is 7.50. The molecule has 0 aromatic heterocycles. The first-order valence-electron chi connectivity index (χ1n) is 10.8. The minimum absolute atomic E-state index is 0.0913. The summed E-state index contributed by atoms with van der Waals surface area (Å²) in [5.41, 5.74) is 2.04. The predicted octanol–water partition coefficient (Wildman–Crippen LogP) is 2.58. The number of piperazine rings is 1. The van der Waals surface area contributed by atoms with E-state index < -0.39 is 5.97 Å². The summed E-state index contributed by atoms with van der Waals surface area (Å²) in [5.74, 6) is -0.573. The van der Waals surface area contributed by atoms with Gasteiger partial charge >= 0.3 is 12.0 Å². The Labute approximate surface area is 173 Å². The standard InChI is InChI=1S/C22H34N4O3/c1-3-17-4-7-19(8-5-17)23-22(29)26-11-10-20(18(16-26)6-9-21(27)28)25-14-12-24(2)13-15-25/h4-5,7-8,18,20H,3,6,9-16H2,1-2H3,(H,23,29)(H,27,28)/t18-,20+/m0/s1. The van der Waals surface area contributed by atoms with E-state index in [1.165, 1.54) is 5.56 Å². The normalized spacial score (nSPS) is 23.7. The first kappa shape index (κ1) is 21.6. The van der Waals surface area contributed by atoms with Gasteiger partial charge in [-0.15, -0.1) is 0 Å². The second kappa shape index (κ2) is 10.1. The highest BCUT2D eigenvalue weighted by molar-refractivity contribution is 5.89. The van der Waals surface area contributed by atoms with E-state index in [-0.39, 0.29) is 18.4 Å². The van der Waals surface area contributed by atoms with Crippen molar-refractivity contribution in [2.24, 2.45) is 5.92 Å². The number of likely N-dealkylation sites (tertiary alicyclic amines) is 1. The summed E-state index contributed by atoms with van der Waals surface area (Å²) in [6.07, 6.45) is 2.64. The SMILES string of the molecule is CCc1ccc(NC(=O)N2CC[C@@H](N3CCN(C)CC3)[C@@H](CCC(=O)O)C2)cc1. The smallest absolute Gasteiger partial charge is 0.321 e. The van der Waals surface area contributed by atoms with Crippen molar-refractivity contribution in [1.82, 2.24) is 14.7 Å². The van der Waals surface area contributed by atoms with Crippen LogP contribution in [-0.4, -0.2) is 84.2 Å². The van der Waals surface area contributed by atoms with Crippen molar-refractivity contribution in [1.29, 1.82) is 0 Å². The maximum atomic E-state index is 12.8. The van der Waals surface area contributed by atoms with Crippen LogP contribution in [0.2, 0.25) is 0 Å². The quantitative estimate of drug-likeness (QED) is 0.765. The third-order valence-corrected chi connectivity index (χ3v) is 6.33. The van der Waals surface area contributed by atoms with Crippen molar-refractivity contribution in [2.45, 2.75) is 38.6 Å². The van der Waals surface area contributed by atoms with Gasteiger partial charge in [0, 0.05) is 57.4 Å². The van der Waals surface area contributed by atoms with Gasteiger partial charge in [-0.1, -0.05) is 19.1 Å². The van der Waals surface area contributed by atoms with Crippen LogP contribution in [0.1, 0.15) is 31.7 Å². The van der Waals surface area contributed by atoms with Crippen LogP contribution in [0.15, 0.2) is 24.3 Å². The van der Waals surface area contributed by atoms with Crippen molar-refractivity contribution in [3.05, 3.63) is 29.8 Å². The topological polar surface area (TPSA) is 76.1 Å². The predicted molar refractivity (Wildman–Crippen MR) is 114 cm³/mol. The summed E-state index contributed by atoms with van der Waals surface area (Å²) in [7, 11) is 2.14. The second-order valence-corrected chi connectivity index (χ2v) is 8.31. The van der Waals surface area contributed by atoms with Gasteiger partial charge in [-0.05, 0) is 49.9 Å². The maximum absolute atomic E-state index is 12.8. The molecule has 1 aromatic carbocycles. The Morgan fingerprint density at radius 1 is 1.10 bits per heavy atom. The van der Waals surface area contributed by atoms with Crippen molar-refractivity contribution in [2.75, 3.05) is 51.6 Å². The van der Waals surface area contributed by atoms with Crippen molar-refractivity contribution >= 4 is 17.7 Å². The highest BCUT2D eigenvalue weighted by Crippen LogP contribution is 2.27. The summed E-state index contributed by atoms with van der Waals surface area (Å²) < 4.78 is 0. The molecule has 2 fully saturated rings. The van der Waals surface area contributed by atoms with Crippen LogP contribution in [-0.2, 0) is 11.2 Å². The molecule has 7 nitrogen and oxygen atoms in total. The molecule has 2 N–H and O–H groups in total. The third-order valence-electron chi connectivity index (χ3n) is 6.33. The largest absolute Gasteiger partial charge is 0.481 e. The number of hydrogen-bond donors (Lipinski definition) is 2. The Morgan fingerprint density at radius 2 is 1.79 bits per heavy atom. The minimum Gasteiger partial charge on any atom is -0.481 e. The zero-order chi connectivity index (χ0) is 20.8. The van der Waals surface area contributed by atoms with E-state index in [9.17, 15) is 14.7 Å². The molecule has 2 atom stereocenters. The zero-order valence-electron chi connectivity index (χ0n) is 17.6. The van der Waals surface area contributed by atoms with Crippen LogP contribution >= 0.6 is 0 Å². The maximum Gasteiger partial charge on any atom is 0.321 e. The number of aliphatic carboxylic acids is 1. The third kappa shape index (κ3) is 5.93. The minimum atomic E-state index is -0.764. The molecule has 29 heavy (non-hydrogen) atoms. The Balaban J connectivity index is 1.62. The van der Waals surface area contributed by atoms with Gasteiger partial charge in [0.2, 0.25) is 0 Å². The lowest BCUT2D eigenvalue weighted by Gasteiger charge is -2.46. The van der Waals surface area contributed by atoms with E-state index in [4.69, 9.17) is 0 Å². The van der Waals surface area contributed by atoms with Gasteiger partial charge in [0.05, 0.1) is 0 Å². The van der Waals surface area contributed by atoms with E-state index in [1.54, 1.807) is 0 Å². The fourth-order valence-electron chi connectivity index (χ4n) is 4.46. The molecule has 0 spiro atoms. The van der Waals surface area contributed by atoms with E-state index in [0.29, 0.717) is 25.6 Å². The lowest BCUT2D eigenvalue weighted by molar-refractivity contribution is -0.137. The highest BCUT2D eigenvalue weighted by atomic mass is 16.4. The van der Waals surface area contributed by atoms with Crippen LogP contribution < -0.4 is 5.32 Å². The average Bonchev–Trinajstić information content (AvgIpc) is 2.73. The molecule has 0 radical (unpaired) electrons. The molecule has 160 valence electrons. The van der Waals surface area contributed by atoms with Gasteiger partial charge in [-0.25, -0.2) is 4.79 Å². The molecule has 0 aliphatic carbocycles. The summed E-state index contributed by atoms with van der Waals surface area (Å²) in [6.45, 7) is 7.54. The number of benzene rings is 1. The van der Waals surface area contributed by atoms with Gasteiger partial charge in [-0.3, -0.25) is 9.69 Å². The van der Waals surface area contributed by atoms with E-state index in [2.05, 4.69) is 29.1 Å². The van der Waals surface area contributed by atoms with E-state index >= 15 is 0 Å². The first-order chi connectivity index (χ1) is 14.0. The number of carboxylic acids is 1. The van der Waals surface area contributed by atoms with Crippen LogP contribution in [0.25, 0.3) is 0 Å². The molecule has 2 aliphatic heterocycles. The number of carbonyl (C=O) groups excluding carboxylic acids is 1. The first-order valence-corrected chi connectivity index (χ1v) is 10.8. The van der Waals surface area contributed by atoms with Crippen LogP contribution in [0.4, 0.5) is 10.5 Å². The van der Waals surface area contributed by atoms with Gasteiger partial charge in [0.1, 0.15) is 0 Å². The summed E-state index contributed by atoms with van der Waals surface area (Å²) >= 11 is 0. The molecule has 1 aromatic rings. The molecular formula is C22H34N4O3.